The van der Waals surface area contributed by atoms with Gasteiger partial charge in [-0.25, -0.2) is 0 Å². The number of hydrogen-bond donors (Lipinski definition) is 0. The third-order valence-electron chi connectivity index (χ3n) is 11.9. The van der Waals surface area contributed by atoms with E-state index in [0.717, 1.165) is 66.9 Å². The van der Waals surface area contributed by atoms with E-state index in [1.807, 2.05) is 0 Å². The summed E-state index contributed by atoms with van der Waals surface area (Å²) in [7, 11) is 0. The standard InChI is InChI=1S/C36H60O2/c1-7-8-9-10-11-12-16-34(37)38-29-21-23-35(5)28(25-29)17-18-30-32-20-19-31(27(4)15-13-14-26(2)3)36(32,6)24-22-33(30)35/h17,25-27,30-33H,7-16,18-24H2,1-6H3/t27-,30+,31-,32+,33+,35+,36-/m1/s1. The molecule has 0 amide bonds. The lowest BCUT2D eigenvalue weighted by atomic mass is 9.47. The molecule has 2 nitrogen and oxygen atoms in total. The third-order valence-corrected chi connectivity index (χ3v) is 11.9. The predicted octanol–water partition coefficient (Wildman–Crippen LogP) is 10.8. The molecular weight excluding hydrogens is 464 g/mol. The van der Waals surface area contributed by atoms with Crippen molar-refractivity contribution in [2.24, 2.45) is 46.3 Å². The van der Waals surface area contributed by atoms with E-state index in [9.17, 15) is 4.79 Å². The molecule has 2 fully saturated rings. The van der Waals surface area contributed by atoms with Crippen molar-refractivity contribution in [2.75, 3.05) is 0 Å². The van der Waals surface area contributed by atoms with E-state index in [1.54, 1.807) is 0 Å². The fourth-order valence-electron chi connectivity index (χ4n) is 9.65. The Morgan fingerprint density at radius 2 is 1.71 bits per heavy atom. The average Bonchev–Trinajstić information content (AvgIpc) is 3.23. The molecule has 4 aliphatic rings. The lowest BCUT2D eigenvalue weighted by molar-refractivity contribution is -0.140. The molecule has 216 valence electrons. The van der Waals surface area contributed by atoms with Crippen molar-refractivity contribution in [1.29, 1.82) is 0 Å². The summed E-state index contributed by atoms with van der Waals surface area (Å²) < 4.78 is 5.90. The minimum atomic E-state index is -0.0161. The molecule has 0 radical (unpaired) electrons. The van der Waals surface area contributed by atoms with E-state index in [2.05, 4.69) is 53.7 Å². The summed E-state index contributed by atoms with van der Waals surface area (Å²) in [6, 6.07) is 0. The summed E-state index contributed by atoms with van der Waals surface area (Å²) in [4.78, 5) is 12.5. The Balaban J connectivity index is 1.35. The van der Waals surface area contributed by atoms with Crippen molar-refractivity contribution in [3.8, 4) is 0 Å². The van der Waals surface area contributed by atoms with Crippen LogP contribution in [0.5, 0.6) is 0 Å². The highest BCUT2D eigenvalue weighted by atomic mass is 16.5. The van der Waals surface area contributed by atoms with Gasteiger partial charge in [0.1, 0.15) is 5.76 Å². The summed E-state index contributed by atoms with van der Waals surface area (Å²) in [5.74, 6) is 6.08. The monoisotopic (exact) mass is 524 g/mol. The first-order valence-corrected chi connectivity index (χ1v) is 16.8. The predicted molar refractivity (Wildman–Crippen MR) is 161 cm³/mol. The van der Waals surface area contributed by atoms with E-state index >= 15 is 0 Å². The van der Waals surface area contributed by atoms with Crippen LogP contribution in [0, 0.1) is 46.3 Å². The van der Waals surface area contributed by atoms with Gasteiger partial charge in [-0.05, 0) is 103 Å². The first-order valence-electron chi connectivity index (χ1n) is 16.8. The van der Waals surface area contributed by atoms with Crippen LogP contribution in [0.2, 0.25) is 0 Å². The van der Waals surface area contributed by atoms with Gasteiger partial charge >= 0.3 is 5.97 Å². The van der Waals surface area contributed by atoms with Crippen LogP contribution < -0.4 is 0 Å². The fourth-order valence-corrected chi connectivity index (χ4v) is 9.65. The van der Waals surface area contributed by atoms with Gasteiger partial charge < -0.3 is 4.74 Å². The maximum absolute atomic E-state index is 12.5. The van der Waals surface area contributed by atoms with E-state index in [0.29, 0.717) is 11.8 Å². The lowest BCUT2D eigenvalue weighted by Crippen LogP contribution is -2.49. The molecule has 4 rings (SSSR count). The van der Waals surface area contributed by atoms with Crippen molar-refractivity contribution in [1.82, 2.24) is 0 Å². The second-order valence-electron chi connectivity index (χ2n) is 14.8. The minimum absolute atomic E-state index is 0.0161. The highest BCUT2D eigenvalue weighted by molar-refractivity contribution is 5.70. The number of carbonyl (C=O) groups excluding carboxylic acids is 1. The van der Waals surface area contributed by atoms with Crippen LogP contribution in [0.1, 0.15) is 151 Å². The molecule has 0 spiro atoms. The number of esters is 1. The maximum Gasteiger partial charge on any atom is 0.310 e. The Morgan fingerprint density at radius 3 is 2.47 bits per heavy atom. The van der Waals surface area contributed by atoms with E-state index in [4.69, 9.17) is 4.74 Å². The first-order chi connectivity index (χ1) is 18.2. The van der Waals surface area contributed by atoms with Crippen LogP contribution in [-0.2, 0) is 9.53 Å². The van der Waals surface area contributed by atoms with Gasteiger partial charge in [0.2, 0.25) is 0 Å². The molecule has 0 N–H and O–H groups in total. The molecule has 0 heterocycles. The SMILES string of the molecule is CCCCCCCCC(=O)OC1=CC2=CC[C@H]3[C@@H]4CC[C@H]([C@H](C)CCCC(C)C)[C@@]4(C)CC[C@@H]3[C@@]2(C)CC1. The van der Waals surface area contributed by atoms with Crippen LogP contribution >= 0.6 is 0 Å². The zero-order chi connectivity index (χ0) is 27.3. The van der Waals surface area contributed by atoms with Gasteiger partial charge in [0.15, 0.2) is 0 Å². The Morgan fingerprint density at radius 1 is 0.947 bits per heavy atom. The summed E-state index contributed by atoms with van der Waals surface area (Å²) in [6.07, 6.45) is 25.9. The number of fused-ring (bicyclic) bond motifs is 5. The second-order valence-corrected chi connectivity index (χ2v) is 14.8. The van der Waals surface area contributed by atoms with Gasteiger partial charge in [0, 0.05) is 12.8 Å². The quantitative estimate of drug-likeness (QED) is 0.177. The van der Waals surface area contributed by atoms with E-state index < -0.39 is 0 Å². The molecule has 38 heavy (non-hydrogen) atoms. The Hall–Kier alpha value is -1.05. The second kappa shape index (κ2) is 13.1. The van der Waals surface area contributed by atoms with E-state index in [1.165, 1.54) is 82.6 Å². The number of ether oxygens (including phenoxy) is 1. The molecule has 2 saturated carbocycles. The van der Waals surface area contributed by atoms with Gasteiger partial charge in [0.05, 0.1) is 0 Å². The van der Waals surface area contributed by atoms with Crippen molar-refractivity contribution in [3.63, 3.8) is 0 Å². The number of hydrogen-bond acceptors (Lipinski definition) is 2. The van der Waals surface area contributed by atoms with Gasteiger partial charge in [-0.1, -0.05) is 99.0 Å². The number of allylic oxidation sites excluding steroid dienone is 4. The van der Waals surface area contributed by atoms with Gasteiger partial charge in [-0.2, -0.15) is 0 Å². The highest BCUT2D eigenvalue weighted by Crippen LogP contribution is 2.67. The topological polar surface area (TPSA) is 26.3 Å². The molecule has 2 heteroatoms. The summed E-state index contributed by atoms with van der Waals surface area (Å²) in [5.41, 5.74) is 2.29. The average molecular weight is 525 g/mol. The molecule has 7 atom stereocenters. The van der Waals surface area contributed by atoms with Crippen molar-refractivity contribution in [2.45, 2.75) is 151 Å². The molecular formula is C36H60O2. The molecule has 0 aliphatic heterocycles. The van der Waals surface area contributed by atoms with Gasteiger partial charge in [-0.15, -0.1) is 0 Å². The normalized spacial score (nSPS) is 35.1. The first kappa shape index (κ1) is 29.9. The smallest absolute Gasteiger partial charge is 0.310 e. The maximum atomic E-state index is 12.5. The van der Waals surface area contributed by atoms with Crippen molar-refractivity contribution >= 4 is 5.97 Å². The highest BCUT2D eigenvalue weighted by Gasteiger charge is 2.58. The zero-order valence-corrected chi connectivity index (χ0v) is 26.0. The summed E-state index contributed by atoms with van der Waals surface area (Å²) >= 11 is 0. The van der Waals surface area contributed by atoms with Crippen LogP contribution in [0.3, 0.4) is 0 Å². The van der Waals surface area contributed by atoms with Crippen molar-refractivity contribution < 1.29 is 9.53 Å². The molecule has 0 bridgehead atoms. The number of unbranched alkanes of at least 4 members (excludes halogenated alkanes) is 5. The van der Waals surface area contributed by atoms with Crippen LogP contribution in [0.15, 0.2) is 23.5 Å². The largest absolute Gasteiger partial charge is 0.431 e. The third kappa shape index (κ3) is 6.46. The van der Waals surface area contributed by atoms with Crippen LogP contribution in [0.25, 0.3) is 0 Å². The Bertz CT molecular complexity index is 851. The molecule has 0 aromatic carbocycles. The molecule has 4 aliphatic carbocycles. The summed E-state index contributed by atoms with van der Waals surface area (Å²) in [5, 5.41) is 0. The van der Waals surface area contributed by atoms with Gasteiger partial charge in [-0.3, -0.25) is 4.79 Å². The number of rotatable bonds is 13. The molecule has 0 aromatic heterocycles. The number of carbonyl (C=O) groups is 1. The molecule has 0 aromatic rings. The fraction of sp³-hybridized carbons (Fsp3) is 0.861. The van der Waals surface area contributed by atoms with E-state index in [-0.39, 0.29) is 11.4 Å². The van der Waals surface area contributed by atoms with Crippen LogP contribution in [0.4, 0.5) is 0 Å². The minimum Gasteiger partial charge on any atom is -0.431 e. The van der Waals surface area contributed by atoms with Crippen LogP contribution in [-0.4, -0.2) is 5.97 Å². The molecule has 0 saturated heterocycles. The Kier molecular flexibility index (Phi) is 10.3. The van der Waals surface area contributed by atoms with Crippen molar-refractivity contribution in [3.05, 3.63) is 23.5 Å². The zero-order valence-electron chi connectivity index (χ0n) is 26.0. The molecule has 0 unspecified atom stereocenters. The Labute approximate surface area is 235 Å². The summed E-state index contributed by atoms with van der Waals surface area (Å²) in [6.45, 7) is 14.8. The van der Waals surface area contributed by atoms with Gasteiger partial charge in [0.25, 0.3) is 0 Å². The lowest BCUT2D eigenvalue weighted by Gasteiger charge is -2.57.